The van der Waals surface area contributed by atoms with Crippen LogP contribution < -0.4 is 16.0 Å². The molecule has 0 spiro atoms. The van der Waals surface area contributed by atoms with E-state index in [0.717, 1.165) is 28.3 Å². The predicted octanol–water partition coefficient (Wildman–Crippen LogP) is 3.22. The molecule has 0 amide bonds. The van der Waals surface area contributed by atoms with Crippen molar-refractivity contribution in [1.29, 1.82) is 0 Å². The van der Waals surface area contributed by atoms with Gasteiger partial charge in [-0.15, -0.1) is 0 Å². The molecular formula is C25H25N3O4. The number of fused-ring (bicyclic) bond motifs is 3. The zero-order chi connectivity index (χ0) is 22.4. The standard InChI is InChI=1S/C25H25N3O4/c1-4-31-18-12-10-17(11-13-18)23-22-21-19(24(29)27(3)25(30)26(21)2)20(28(22)14-15-32-23)16-8-6-5-7-9-16/h5-13,23H,4,14-15H2,1-3H3/t23-/m0/s1. The Hall–Kier alpha value is -3.58. The van der Waals surface area contributed by atoms with Gasteiger partial charge >= 0.3 is 5.69 Å². The van der Waals surface area contributed by atoms with E-state index >= 15 is 0 Å². The average Bonchev–Trinajstić information content (AvgIpc) is 3.18. The van der Waals surface area contributed by atoms with E-state index in [1.54, 1.807) is 11.6 Å². The predicted molar refractivity (Wildman–Crippen MR) is 123 cm³/mol. The molecule has 7 nitrogen and oxygen atoms in total. The number of nitrogens with zero attached hydrogens (tertiary/aromatic N) is 3. The molecule has 2 aromatic carbocycles. The number of hydrogen-bond donors (Lipinski definition) is 0. The third-order valence-corrected chi connectivity index (χ3v) is 6.09. The van der Waals surface area contributed by atoms with Gasteiger partial charge in [-0.3, -0.25) is 13.9 Å². The molecule has 0 saturated carbocycles. The zero-order valence-corrected chi connectivity index (χ0v) is 18.4. The average molecular weight is 431 g/mol. The highest BCUT2D eigenvalue weighted by Crippen LogP contribution is 2.40. The summed E-state index contributed by atoms with van der Waals surface area (Å²) < 4.78 is 16.7. The molecule has 0 bridgehead atoms. The summed E-state index contributed by atoms with van der Waals surface area (Å²) in [6.45, 7) is 3.64. The van der Waals surface area contributed by atoms with Crippen molar-refractivity contribution in [3.8, 4) is 17.0 Å². The minimum Gasteiger partial charge on any atom is -0.494 e. The normalized spacial score (nSPS) is 15.7. The van der Waals surface area contributed by atoms with Crippen LogP contribution in [0.2, 0.25) is 0 Å². The molecule has 0 aliphatic carbocycles. The van der Waals surface area contributed by atoms with E-state index in [-0.39, 0.29) is 11.2 Å². The van der Waals surface area contributed by atoms with E-state index in [1.165, 1.54) is 11.6 Å². The highest BCUT2D eigenvalue weighted by molar-refractivity contribution is 5.96. The Morgan fingerprint density at radius 3 is 2.41 bits per heavy atom. The molecule has 7 heteroatoms. The van der Waals surface area contributed by atoms with Crippen molar-refractivity contribution in [1.82, 2.24) is 13.7 Å². The lowest BCUT2D eigenvalue weighted by molar-refractivity contribution is 0.0478. The van der Waals surface area contributed by atoms with Gasteiger partial charge in [0.2, 0.25) is 0 Å². The lowest BCUT2D eigenvalue weighted by Gasteiger charge is -2.28. The van der Waals surface area contributed by atoms with Crippen molar-refractivity contribution in [2.75, 3.05) is 13.2 Å². The van der Waals surface area contributed by atoms with Crippen LogP contribution in [0.3, 0.4) is 0 Å². The first-order chi connectivity index (χ1) is 15.5. The van der Waals surface area contributed by atoms with E-state index in [4.69, 9.17) is 9.47 Å². The lowest BCUT2D eigenvalue weighted by atomic mass is 10.0. The second-order valence-corrected chi connectivity index (χ2v) is 7.93. The number of aryl methyl sites for hydroxylation is 1. The lowest BCUT2D eigenvalue weighted by Crippen LogP contribution is -2.37. The van der Waals surface area contributed by atoms with Gasteiger partial charge in [-0.25, -0.2) is 4.79 Å². The van der Waals surface area contributed by atoms with Crippen molar-refractivity contribution >= 4 is 10.9 Å². The van der Waals surface area contributed by atoms with Crippen LogP contribution in [0.5, 0.6) is 5.75 Å². The van der Waals surface area contributed by atoms with Gasteiger partial charge in [-0.2, -0.15) is 0 Å². The van der Waals surface area contributed by atoms with Gasteiger partial charge in [-0.05, 0) is 30.2 Å². The van der Waals surface area contributed by atoms with Crippen molar-refractivity contribution in [2.24, 2.45) is 14.1 Å². The maximum atomic E-state index is 13.4. The van der Waals surface area contributed by atoms with Crippen LogP contribution in [0.25, 0.3) is 22.2 Å². The molecule has 1 aliphatic rings. The fourth-order valence-corrected chi connectivity index (χ4v) is 4.64. The van der Waals surface area contributed by atoms with Gasteiger partial charge in [0.05, 0.1) is 35.5 Å². The molecule has 5 rings (SSSR count). The first-order valence-electron chi connectivity index (χ1n) is 10.7. The molecule has 164 valence electrons. The number of aromatic nitrogens is 3. The van der Waals surface area contributed by atoms with Crippen LogP contribution in [0, 0.1) is 0 Å². The fourth-order valence-electron chi connectivity index (χ4n) is 4.64. The SMILES string of the molecule is CCOc1ccc([C@@H]2OCCn3c(-c4ccccc4)c4c(=O)n(C)c(=O)n(C)c4c32)cc1. The zero-order valence-electron chi connectivity index (χ0n) is 18.4. The summed E-state index contributed by atoms with van der Waals surface area (Å²) in [5.41, 5.74) is 3.50. The van der Waals surface area contributed by atoms with Crippen molar-refractivity contribution < 1.29 is 9.47 Å². The second-order valence-electron chi connectivity index (χ2n) is 7.93. The summed E-state index contributed by atoms with van der Waals surface area (Å²) in [6, 6.07) is 17.6. The summed E-state index contributed by atoms with van der Waals surface area (Å²) in [6.07, 6.45) is -0.405. The van der Waals surface area contributed by atoms with Gasteiger partial charge in [0.1, 0.15) is 11.9 Å². The third kappa shape index (κ3) is 3.00. The molecule has 32 heavy (non-hydrogen) atoms. The Balaban J connectivity index is 1.85. The molecule has 1 atom stereocenters. The summed E-state index contributed by atoms with van der Waals surface area (Å²) in [5.74, 6) is 0.790. The van der Waals surface area contributed by atoms with Crippen molar-refractivity contribution in [3.63, 3.8) is 0 Å². The van der Waals surface area contributed by atoms with E-state index in [0.29, 0.717) is 30.7 Å². The van der Waals surface area contributed by atoms with Crippen LogP contribution in [0.15, 0.2) is 64.2 Å². The van der Waals surface area contributed by atoms with Crippen LogP contribution in [-0.2, 0) is 25.4 Å². The Morgan fingerprint density at radius 2 is 1.72 bits per heavy atom. The molecule has 3 heterocycles. The maximum Gasteiger partial charge on any atom is 0.331 e. The molecule has 0 fully saturated rings. The van der Waals surface area contributed by atoms with Crippen LogP contribution in [0.4, 0.5) is 0 Å². The second kappa shape index (κ2) is 7.84. The topological polar surface area (TPSA) is 67.4 Å². The van der Waals surface area contributed by atoms with Gasteiger partial charge in [0, 0.05) is 20.6 Å². The monoisotopic (exact) mass is 431 g/mol. The van der Waals surface area contributed by atoms with E-state index in [9.17, 15) is 9.59 Å². The third-order valence-electron chi connectivity index (χ3n) is 6.09. The van der Waals surface area contributed by atoms with Gasteiger partial charge in [0.25, 0.3) is 5.56 Å². The maximum absolute atomic E-state index is 13.4. The van der Waals surface area contributed by atoms with Crippen molar-refractivity contribution in [3.05, 3.63) is 86.7 Å². The smallest absolute Gasteiger partial charge is 0.331 e. The van der Waals surface area contributed by atoms with Crippen molar-refractivity contribution in [2.45, 2.75) is 19.6 Å². The Morgan fingerprint density at radius 1 is 1.00 bits per heavy atom. The number of benzene rings is 2. The molecular weight excluding hydrogens is 406 g/mol. The van der Waals surface area contributed by atoms with E-state index in [2.05, 4.69) is 4.57 Å². The number of ether oxygens (including phenoxy) is 2. The number of hydrogen-bond acceptors (Lipinski definition) is 4. The Labute approximate surface area is 185 Å². The summed E-state index contributed by atoms with van der Waals surface area (Å²) in [7, 11) is 3.24. The molecule has 0 saturated heterocycles. The summed E-state index contributed by atoms with van der Waals surface area (Å²) >= 11 is 0. The molecule has 4 aromatic rings. The van der Waals surface area contributed by atoms with Crippen LogP contribution >= 0.6 is 0 Å². The van der Waals surface area contributed by atoms with E-state index in [1.807, 2.05) is 61.5 Å². The molecule has 0 unspecified atom stereocenters. The quantitative estimate of drug-likeness (QED) is 0.498. The largest absolute Gasteiger partial charge is 0.494 e. The highest BCUT2D eigenvalue weighted by atomic mass is 16.5. The fraction of sp³-hybridized carbons (Fsp3) is 0.280. The molecule has 2 aromatic heterocycles. The van der Waals surface area contributed by atoms with E-state index < -0.39 is 6.10 Å². The molecule has 1 aliphatic heterocycles. The Kier molecular flexibility index (Phi) is 4.98. The Bertz CT molecular complexity index is 1410. The summed E-state index contributed by atoms with van der Waals surface area (Å²) in [4.78, 5) is 26.2. The minimum absolute atomic E-state index is 0.297. The first kappa shape index (κ1) is 20.3. The van der Waals surface area contributed by atoms with Gasteiger partial charge < -0.3 is 14.0 Å². The van der Waals surface area contributed by atoms with Crippen LogP contribution in [-0.4, -0.2) is 26.9 Å². The van der Waals surface area contributed by atoms with Crippen LogP contribution in [0.1, 0.15) is 24.3 Å². The molecule has 0 radical (unpaired) electrons. The highest BCUT2D eigenvalue weighted by Gasteiger charge is 2.33. The van der Waals surface area contributed by atoms with Gasteiger partial charge in [-0.1, -0.05) is 42.5 Å². The summed E-state index contributed by atoms with van der Waals surface area (Å²) in [5, 5.41) is 0.539. The minimum atomic E-state index is -0.405. The number of rotatable bonds is 4. The first-order valence-corrected chi connectivity index (χ1v) is 10.7. The van der Waals surface area contributed by atoms with Gasteiger partial charge in [0.15, 0.2) is 0 Å². The molecule has 0 N–H and O–H groups in total.